The van der Waals surface area contributed by atoms with Gasteiger partial charge in [0.15, 0.2) is 3.79 Å². The van der Waals surface area contributed by atoms with Gasteiger partial charge in [0.2, 0.25) is 0 Å². The van der Waals surface area contributed by atoms with Crippen LogP contribution in [0.5, 0.6) is 0 Å². The van der Waals surface area contributed by atoms with Gasteiger partial charge in [0.1, 0.15) is 4.33 Å². The maximum atomic E-state index is 5.47. The molecular weight excluding hydrogens is 225 g/mol. The summed E-state index contributed by atoms with van der Waals surface area (Å²) in [5, 5.41) is 0. The van der Waals surface area contributed by atoms with Crippen molar-refractivity contribution in [2.45, 2.75) is 15.0 Å². The number of hydrogen-bond donors (Lipinski definition) is 0. The normalized spacial score (nSPS) is 14.0. The number of alkyl halides is 5. The Morgan fingerprint density at radius 3 is 1.33 bits per heavy atom. The van der Waals surface area contributed by atoms with Crippen molar-refractivity contribution in [1.29, 1.82) is 0 Å². The summed E-state index contributed by atoms with van der Waals surface area (Å²) in [6.07, 6.45) is 1.20. The molecule has 0 aliphatic heterocycles. The van der Waals surface area contributed by atoms with E-state index in [4.69, 9.17) is 58.0 Å². The first-order chi connectivity index (χ1) is 3.71. The molecule has 0 aromatic rings. The lowest BCUT2D eigenvalue weighted by Crippen LogP contribution is -2.18. The van der Waals surface area contributed by atoms with E-state index in [9.17, 15) is 0 Å². The summed E-state index contributed by atoms with van der Waals surface area (Å²) in [6.45, 7) is 1.51. The van der Waals surface area contributed by atoms with Gasteiger partial charge in [0, 0.05) is 6.42 Å². The molecule has 0 aliphatic carbocycles. The van der Waals surface area contributed by atoms with Crippen LogP contribution in [0.15, 0.2) is 0 Å². The predicted octanol–water partition coefficient (Wildman–Crippen LogP) is 3.75. The van der Waals surface area contributed by atoms with Crippen LogP contribution in [0.25, 0.3) is 0 Å². The van der Waals surface area contributed by atoms with Crippen LogP contribution in [-0.4, -0.2) is 8.13 Å². The highest BCUT2D eigenvalue weighted by molar-refractivity contribution is 6.69. The monoisotopic (exact) mass is 227 g/mol. The van der Waals surface area contributed by atoms with Crippen LogP contribution in [0.3, 0.4) is 0 Å². The van der Waals surface area contributed by atoms with Crippen LogP contribution in [-0.2, 0) is 0 Å². The summed E-state index contributed by atoms with van der Waals surface area (Å²) in [7, 11) is 0. The van der Waals surface area contributed by atoms with E-state index in [1.54, 1.807) is 0 Å². The van der Waals surface area contributed by atoms with Crippen molar-refractivity contribution >= 4 is 58.0 Å². The minimum atomic E-state index is -1.49. The van der Waals surface area contributed by atoms with Gasteiger partial charge in [-0.15, -0.1) is 23.2 Å². The molecule has 0 saturated heterocycles. The summed E-state index contributed by atoms with van der Waals surface area (Å²) in [4.78, 5) is 0. The number of halogens is 5. The van der Waals surface area contributed by atoms with E-state index in [-0.39, 0.29) is 0 Å². The first kappa shape index (κ1) is 10.4. The summed E-state index contributed by atoms with van der Waals surface area (Å²) < 4.78 is -2.58. The van der Waals surface area contributed by atoms with E-state index in [1.165, 1.54) is 13.3 Å². The Hall–Kier alpha value is 1.45. The van der Waals surface area contributed by atoms with Crippen LogP contribution in [0.1, 0.15) is 6.92 Å². The Morgan fingerprint density at radius 2 is 1.33 bits per heavy atom. The lowest BCUT2D eigenvalue weighted by Gasteiger charge is -2.17. The molecule has 0 unspecified atom stereocenters. The van der Waals surface area contributed by atoms with Crippen molar-refractivity contribution in [3.63, 3.8) is 0 Å². The fourth-order valence-corrected chi connectivity index (χ4v) is 1.60. The maximum Gasteiger partial charge on any atom is 0.196 e. The second-order valence-electron chi connectivity index (χ2n) is 1.64. The Balaban J connectivity index is 3.75. The fraction of sp³-hybridized carbons (Fsp3) is 0.750. The highest BCUT2D eigenvalue weighted by Gasteiger charge is 2.31. The van der Waals surface area contributed by atoms with Gasteiger partial charge in [-0.05, 0) is 6.92 Å². The van der Waals surface area contributed by atoms with Crippen molar-refractivity contribution in [1.82, 2.24) is 0 Å². The third kappa shape index (κ3) is 9.45. The van der Waals surface area contributed by atoms with E-state index < -0.39 is 8.13 Å². The minimum Gasteiger partial charge on any atom is -0.101 e. The zero-order valence-electron chi connectivity index (χ0n) is 4.47. The lowest BCUT2D eigenvalue weighted by atomic mass is 10.3. The van der Waals surface area contributed by atoms with Gasteiger partial charge in [-0.3, -0.25) is 0 Å². The first-order valence-corrected chi connectivity index (χ1v) is 3.91. The smallest absolute Gasteiger partial charge is 0.101 e. The standard InChI is InChI=1S/C4H4Cl5/c1-3(5,6)2-4(7,8)9/h2H,1H3. The van der Waals surface area contributed by atoms with Gasteiger partial charge in [0.05, 0.1) is 0 Å². The molecule has 0 spiro atoms. The molecule has 0 aromatic heterocycles. The molecule has 0 N–H and O–H groups in total. The lowest BCUT2D eigenvalue weighted by molar-refractivity contribution is 0.965. The van der Waals surface area contributed by atoms with E-state index in [2.05, 4.69) is 0 Å². The predicted molar refractivity (Wildman–Crippen MR) is 44.7 cm³/mol. The summed E-state index contributed by atoms with van der Waals surface area (Å²) in [6, 6.07) is 0. The average Bonchev–Trinajstić information content (AvgIpc) is 1.14. The molecule has 0 fully saturated rings. The van der Waals surface area contributed by atoms with Crippen molar-refractivity contribution < 1.29 is 0 Å². The SMILES string of the molecule is CC(Cl)(Cl)[CH]C(Cl)(Cl)Cl. The van der Waals surface area contributed by atoms with E-state index in [1.807, 2.05) is 0 Å². The largest absolute Gasteiger partial charge is 0.196 e. The van der Waals surface area contributed by atoms with Crippen LogP contribution in [0.4, 0.5) is 0 Å². The molecule has 0 atom stereocenters. The van der Waals surface area contributed by atoms with Crippen LogP contribution >= 0.6 is 58.0 Å². The van der Waals surface area contributed by atoms with Gasteiger partial charge < -0.3 is 0 Å². The van der Waals surface area contributed by atoms with Crippen molar-refractivity contribution in [3.05, 3.63) is 6.42 Å². The summed E-state index contributed by atoms with van der Waals surface area (Å²) in [5.41, 5.74) is 0. The molecular formula is C4H4Cl5. The molecule has 0 bridgehead atoms. The number of rotatable bonds is 1. The first-order valence-electron chi connectivity index (χ1n) is 2.02. The molecule has 0 rings (SSSR count). The fourth-order valence-electron chi connectivity index (χ4n) is 0.287. The molecule has 0 nitrogen and oxygen atoms in total. The zero-order chi connectivity index (χ0) is 7.71. The molecule has 0 aromatic carbocycles. The highest BCUT2D eigenvalue weighted by Crippen LogP contribution is 2.38. The van der Waals surface area contributed by atoms with Crippen LogP contribution in [0.2, 0.25) is 0 Å². The number of hydrogen-bond acceptors (Lipinski definition) is 0. The van der Waals surface area contributed by atoms with Crippen LogP contribution in [0, 0.1) is 6.42 Å². The molecule has 0 amide bonds. The summed E-state index contributed by atoms with van der Waals surface area (Å²) >= 11 is 26.9. The van der Waals surface area contributed by atoms with E-state index in [0.29, 0.717) is 0 Å². The van der Waals surface area contributed by atoms with Gasteiger partial charge in [0.25, 0.3) is 0 Å². The third-order valence-corrected chi connectivity index (χ3v) is 0.963. The Kier molecular flexibility index (Phi) is 3.75. The summed E-state index contributed by atoms with van der Waals surface area (Å²) in [5.74, 6) is 0. The molecule has 0 saturated carbocycles. The van der Waals surface area contributed by atoms with E-state index >= 15 is 0 Å². The van der Waals surface area contributed by atoms with Crippen molar-refractivity contribution in [3.8, 4) is 0 Å². The highest BCUT2D eigenvalue weighted by atomic mass is 35.6. The quantitative estimate of drug-likeness (QED) is 0.601. The van der Waals surface area contributed by atoms with Gasteiger partial charge in [-0.25, -0.2) is 0 Å². The molecule has 0 heterocycles. The minimum absolute atomic E-state index is 1.09. The van der Waals surface area contributed by atoms with Gasteiger partial charge in [-0.2, -0.15) is 0 Å². The molecule has 0 aliphatic rings. The van der Waals surface area contributed by atoms with Gasteiger partial charge >= 0.3 is 0 Å². The van der Waals surface area contributed by atoms with E-state index in [0.717, 1.165) is 0 Å². The molecule has 9 heavy (non-hydrogen) atoms. The topological polar surface area (TPSA) is 0 Å². The Bertz CT molecular complexity index is 74.1. The molecule has 55 valence electrons. The maximum absolute atomic E-state index is 5.47. The van der Waals surface area contributed by atoms with Gasteiger partial charge in [-0.1, -0.05) is 34.8 Å². The van der Waals surface area contributed by atoms with Crippen molar-refractivity contribution in [2.24, 2.45) is 0 Å². The Labute approximate surface area is 79.4 Å². The molecule has 5 heteroatoms. The molecule has 1 radical (unpaired) electrons. The second-order valence-corrected chi connectivity index (χ2v) is 5.77. The van der Waals surface area contributed by atoms with Crippen molar-refractivity contribution in [2.75, 3.05) is 0 Å². The average molecular weight is 229 g/mol. The third-order valence-electron chi connectivity index (χ3n) is 0.417. The van der Waals surface area contributed by atoms with Crippen LogP contribution < -0.4 is 0 Å². The second kappa shape index (κ2) is 3.23. The zero-order valence-corrected chi connectivity index (χ0v) is 8.25. The Morgan fingerprint density at radius 1 is 1.00 bits per heavy atom.